The Morgan fingerprint density at radius 1 is 0.938 bits per heavy atom. The summed E-state index contributed by atoms with van der Waals surface area (Å²) in [5.74, 6) is -2.11. The Morgan fingerprint density at radius 2 is 1.62 bits per heavy atom. The topological polar surface area (TPSA) is 187 Å². The molecule has 11 nitrogen and oxygen atoms in total. The number of aromatic hydroxyl groups is 2. The Labute approximate surface area is 178 Å². The Kier molecular flexibility index (Phi) is 5.48. The van der Waals surface area contributed by atoms with Crippen molar-refractivity contribution in [1.82, 2.24) is 0 Å². The van der Waals surface area contributed by atoms with Crippen LogP contribution in [0, 0.1) is 0 Å². The minimum atomic E-state index is -1.89. The van der Waals surface area contributed by atoms with Crippen LogP contribution in [0.5, 0.6) is 17.2 Å². The Balaban J connectivity index is 1.71. The van der Waals surface area contributed by atoms with E-state index in [0.29, 0.717) is 5.56 Å². The average molecular weight is 446 g/mol. The lowest BCUT2D eigenvalue weighted by Gasteiger charge is -2.38. The Hall–Kier alpha value is -3.64. The molecule has 11 heteroatoms. The normalized spacial score (nSPS) is 25.5. The van der Waals surface area contributed by atoms with Gasteiger partial charge in [-0.25, -0.2) is 4.79 Å². The highest BCUT2D eigenvalue weighted by atomic mass is 16.7. The number of phenolic OH excluding ortho intramolecular Hbond substituents is 2. The van der Waals surface area contributed by atoms with Crippen LogP contribution in [0.2, 0.25) is 0 Å². The number of fused-ring (bicyclic) bond motifs is 1. The molecule has 2 aromatic carbocycles. The van der Waals surface area contributed by atoms with E-state index in [9.17, 15) is 35.1 Å². The Morgan fingerprint density at radius 3 is 2.28 bits per heavy atom. The van der Waals surface area contributed by atoms with E-state index in [2.05, 4.69) is 0 Å². The van der Waals surface area contributed by atoms with Gasteiger partial charge in [0.1, 0.15) is 52.3 Å². The summed E-state index contributed by atoms with van der Waals surface area (Å²) in [6, 6.07) is 9.24. The summed E-state index contributed by atoms with van der Waals surface area (Å²) in [6.45, 7) is 0. The summed E-state index contributed by atoms with van der Waals surface area (Å²) in [7, 11) is 0. The lowest BCUT2D eigenvalue weighted by Crippen LogP contribution is -2.61. The monoisotopic (exact) mass is 446 g/mol. The van der Waals surface area contributed by atoms with E-state index in [1.807, 2.05) is 0 Å². The van der Waals surface area contributed by atoms with Crippen molar-refractivity contribution >= 4 is 16.9 Å². The van der Waals surface area contributed by atoms with E-state index in [-0.39, 0.29) is 28.2 Å². The number of ether oxygens (including phenoxy) is 2. The highest BCUT2D eigenvalue weighted by molar-refractivity contribution is 5.86. The van der Waals surface area contributed by atoms with Crippen LogP contribution in [-0.4, -0.2) is 67.3 Å². The van der Waals surface area contributed by atoms with Crippen LogP contribution in [0.15, 0.2) is 51.7 Å². The molecule has 1 aliphatic heterocycles. The number of carboxylic acid groups (broad SMARTS) is 1. The van der Waals surface area contributed by atoms with Gasteiger partial charge in [-0.05, 0) is 24.3 Å². The van der Waals surface area contributed by atoms with E-state index < -0.39 is 47.9 Å². The summed E-state index contributed by atoms with van der Waals surface area (Å²) in [5.41, 5.74) is -0.173. The van der Waals surface area contributed by atoms with Crippen molar-refractivity contribution in [3.05, 3.63) is 52.7 Å². The zero-order valence-corrected chi connectivity index (χ0v) is 16.2. The molecule has 32 heavy (non-hydrogen) atoms. The van der Waals surface area contributed by atoms with Crippen molar-refractivity contribution in [1.29, 1.82) is 0 Å². The molecule has 0 spiro atoms. The molecular weight excluding hydrogens is 428 g/mol. The maximum Gasteiger partial charge on any atom is 0.335 e. The van der Waals surface area contributed by atoms with Crippen LogP contribution < -0.4 is 10.2 Å². The molecule has 4 rings (SSSR count). The first-order chi connectivity index (χ1) is 15.2. The van der Waals surface area contributed by atoms with Gasteiger partial charge in [0, 0.05) is 23.8 Å². The maximum absolute atomic E-state index is 12.5. The van der Waals surface area contributed by atoms with Gasteiger partial charge in [-0.2, -0.15) is 0 Å². The number of hydrogen-bond acceptors (Lipinski definition) is 10. The van der Waals surface area contributed by atoms with Gasteiger partial charge in [0.25, 0.3) is 0 Å². The maximum atomic E-state index is 12.5. The molecule has 5 atom stereocenters. The average Bonchev–Trinajstić information content (AvgIpc) is 2.73. The SMILES string of the molecule is O=C(O)[C@@H]1O[C@@H](Oc2cc(O)c3c(=O)cc(-c4ccc(O)cc4)oc3c2)[C@H](O)[C@@H](O)[C@@H]1O. The van der Waals surface area contributed by atoms with Gasteiger partial charge in [0.15, 0.2) is 11.5 Å². The third kappa shape index (κ3) is 3.85. The molecule has 1 fully saturated rings. The van der Waals surface area contributed by atoms with Crippen LogP contribution in [-0.2, 0) is 9.53 Å². The highest BCUT2D eigenvalue weighted by Gasteiger charge is 2.48. The molecule has 6 N–H and O–H groups in total. The number of benzene rings is 2. The molecule has 0 amide bonds. The molecule has 1 aliphatic rings. The second-order valence-corrected chi connectivity index (χ2v) is 7.19. The van der Waals surface area contributed by atoms with E-state index in [4.69, 9.17) is 19.0 Å². The van der Waals surface area contributed by atoms with Crippen molar-refractivity contribution in [2.45, 2.75) is 30.7 Å². The summed E-state index contributed by atoms with van der Waals surface area (Å²) in [4.78, 5) is 23.7. The van der Waals surface area contributed by atoms with Gasteiger partial charge in [-0.1, -0.05) is 0 Å². The fourth-order valence-electron chi connectivity index (χ4n) is 3.36. The van der Waals surface area contributed by atoms with Crippen LogP contribution in [0.1, 0.15) is 0 Å². The zero-order chi connectivity index (χ0) is 23.2. The van der Waals surface area contributed by atoms with Gasteiger partial charge in [-0.3, -0.25) is 4.79 Å². The van der Waals surface area contributed by atoms with Crippen LogP contribution in [0.25, 0.3) is 22.3 Å². The van der Waals surface area contributed by atoms with Crippen molar-refractivity contribution in [2.24, 2.45) is 0 Å². The highest BCUT2D eigenvalue weighted by Crippen LogP contribution is 2.33. The lowest BCUT2D eigenvalue weighted by molar-refractivity contribution is -0.271. The van der Waals surface area contributed by atoms with Crippen LogP contribution in [0.4, 0.5) is 0 Å². The number of aliphatic hydroxyl groups excluding tert-OH is 3. The van der Waals surface area contributed by atoms with Gasteiger partial charge in [-0.15, -0.1) is 0 Å². The van der Waals surface area contributed by atoms with Crippen molar-refractivity contribution in [2.75, 3.05) is 0 Å². The molecule has 168 valence electrons. The lowest BCUT2D eigenvalue weighted by atomic mass is 9.99. The minimum Gasteiger partial charge on any atom is -0.508 e. The third-order valence-corrected chi connectivity index (χ3v) is 5.00. The molecule has 0 radical (unpaired) electrons. The molecule has 3 aromatic rings. The number of carboxylic acids is 1. The first-order valence-electron chi connectivity index (χ1n) is 9.35. The molecule has 1 saturated heterocycles. The van der Waals surface area contributed by atoms with Crippen LogP contribution in [0.3, 0.4) is 0 Å². The summed E-state index contributed by atoms with van der Waals surface area (Å²) in [5, 5.41) is 58.5. The fourth-order valence-corrected chi connectivity index (χ4v) is 3.36. The largest absolute Gasteiger partial charge is 0.508 e. The minimum absolute atomic E-state index is 0.0169. The van der Waals surface area contributed by atoms with E-state index in [1.165, 1.54) is 30.3 Å². The number of rotatable bonds is 4. The predicted octanol–water partition coefficient (Wildman–Crippen LogP) is 0.142. The second-order valence-electron chi connectivity index (χ2n) is 7.19. The number of phenols is 2. The third-order valence-electron chi connectivity index (χ3n) is 5.00. The second kappa shape index (κ2) is 8.13. The molecule has 0 saturated carbocycles. The molecule has 1 aromatic heterocycles. The molecule has 0 aliphatic carbocycles. The number of hydrogen-bond donors (Lipinski definition) is 6. The zero-order valence-electron chi connectivity index (χ0n) is 16.2. The quantitative estimate of drug-likeness (QED) is 0.320. The first-order valence-corrected chi connectivity index (χ1v) is 9.35. The summed E-state index contributed by atoms with van der Waals surface area (Å²) >= 11 is 0. The number of carbonyl (C=O) groups is 1. The summed E-state index contributed by atoms with van der Waals surface area (Å²) < 4.78 is 16.1. The number of aliphatic carboxylic acids is 1. The Bertz CT molecular complexity index is 1220. The van der Waals surface area contributed by atoms with Gasteiger partial charge >= 0.3 is 5.97 Å². The van der Waals surface area contributed by atoms with Crippen molar-refractivity contribution in [3.8, 4) is 28.6 Å². The van der Waals surface area contributed by atoms with Gasteiger partial charge in [0.05, 0.1) is 0 Å². The van der Waals surface area contributed by atoms with Gasteiger partial charge < -0.3 is 44.5 Å². The van der Waals surface area contributed by atoms with E-state index >= 15 is 0 Å². The van der Waals surface area contributed by atoms with E-state index in [0.717, 1.165) is 12.1 Å². The van der Waals surface area contributed by atoms with E-state index in [1.54, 1.807) is 0 Å². The van der Waals surface area contributed by atoms with Crippen LogP contribution >= 0.6 is 0 Å². The first kappa shape index (κ1) is 21.6. The van der Waals surface area contributed by atoms with Crippen molar-refractivity contribution < 1.29 is 49.3 Å². The summed E-state index contributed by atoms with van der Waals surface area (Å²) in [6.07, 6.45) is -9.15. The standard InChI is InChI=1S/C21H18O11/c22-9-3-1-8(2-4-9)13-7-12(24)15-11(23)5-10(6-14(15)31-13)30-21-18(27)16(25)17(26)19(32-21)20(28)29/h1-7,16-19,21-23,25-27H,(H,28,29)/t16-,17-,18+,19+,21+/m0/s1. The smallest absolute Gasteiger partial charge is 0.335 e. The molecule has 0 unspecified atom stereocenters. The van der Waals surface area contributed by atoms with Crippen molar-refractivity contribution in [3.63, 3.8) is 0 Å². The molecular formula is C21H18O11. The predicted molar refractivity (Wildman–Crippen MR) is 106 cm³/mol. The molecule has 0 bridgehead atoms. The number of aliphatic hydroxyl groups is 3. The van der Waals surface area contributed by atoms with Gasteiger partial charge in [0.2, 0.25) is 6.29 Å². The fraction of sp³-hybridized carbons (Fsp3) is 0.238. The molecule has 2 heterocycles.